The van der Waals surface area contributed by atoms with Gasteiger partial charge in [0.15, 0.2) is 0 Å². The number of nitrogens with two attached hydrogens (primary N) is 1. The Morgan fingerprint density at radius 2 is 2.00 bits per heavy atom. The second-order valence-electron chi connectivity index (χ2n) is 4.20. The van der Waals surface area contributed by atoms with Crippen LogP contribution in [0.2, 0.25) is 0 Å². The van der Waals surface area contributed by atoms with Gasteiger partial charge in [-0.05, 0) is 20.3 Å². The lowest BCUT2D eigenvalue weighted by Gasteiger charge is -2.18. The average molecular weight is 209 g/mol. The maximum absolute atomic E-state index is 5.87. The zero-order chi connectivity index (χ0) is 11.3. The smallest absolute Gasteiger partial charge is 0.131 e. The van der Waals surface area contributed by atoms with Crippen molar-refractivity contribution in [2.24, 2.45) is 5.73 Å². The number of rotatable bonds is 5. The van der Waals surface area contributed by atoms with Crippen molar-refractivity contribution >= 4 is 11.6 Å². The number of hydrogen-bond acceptors (Lipinski definition) is 5. The van der Waals surface area contributed by atoms with Crippen molar-refractivity contribution in [3.63, 3.8) is 0 Å². The van der Waals surface area contributed by atoms with Crippen LogP contribution in [0, 0.1) is 0 Å². The fourth-order valence-electron chi connectivity index (χ4n) is 1.10. The molecular formula is C10H19N5. The second kappa shape index (κ2) is 4.93. The van der Waals surface area contributed by atoms with Crippen LogP contribution in [0.15, 0.2) is 12.4 Å². The molecule has 5 nitrogen and oxygen atoms in total. The summed E-state index contributed by atoms with van der Waals surface area (Å²) in [5.41, 5.74) is 5.72. The molecule has 0 radical (unpaired) electrons. The minimum atomic E-state index is -0.147. The van der Waals surface area contributed by atoms with Crippen molar-refractivity contribution in [2.75, 3.05) is 24.2 Å². The number of nitrogens with zero attached hydrogens (tertiary/aromatic N) is 2. The van der Waals surface area contributed by atoms with Gasteiger partial charge in [0.05, 0.1) is 0 Å². The SMILES string of the molecule is CNc1cc(NCCC(C)(C)N)ncn1. The van der Waals surface area contributed by atoms with E-state index in [2.05, 4.69) is 20.6 Å². The lowest BCUT2D eigenvalue weighted by atomic mass is 10.0. The van der Waals surface area contributed by atoms with Gasteiger partial charge in [0, 0.05) is 25.2 Å². The van der Waals surface area contributed by atoms with Gasteiger partial charge in [-0.15, -0.1) is 0 Å². The van der Waals surface area contributed by atoms with Gasteiger partial charge in [-0.25, -0.2) is 9.97 Å². The molecular weight excluding hydrogens is 190 g/mol. The molecule has 1 heterocycles. The number of anilines is 2. The van der Waals surface area contributed by atoms with Crippen LogP contribution in [0.25, 0.3) is 0 Å². The van der Waals surface area contributed by atoms with Crippen LogP contribution in [0.1, 0.15) is 20.3 Å². The number of hydrogen-bond donors (Lipinski definition) is 3. The zero-order valence-corrected chi connectivity index (χ0v) is 9.54. The molecule has 15 heavy (non-hydrogen) atoms. The molecule has 0 unspecified atom stereocenters. The molecule has 0 aliphatic rings. The summed E-state index contributed by atoms with van der Waals surface area (Å²) < 4.78 is 0. The first-order valence-electron chi connectivity index (χ1n) is 5.04. The summed E-state index contributed by atoms with van der Waals surface area (Å²) in [7, 11) is 1.83. The second-order valence-corrected chi connectivity index (χ2v) is 4.20. The maximum atomic E-state index is 5.87. The van der Waals surface area contributed by atoms with Crippen molar-refractivity contribution in [2.45, 2.75) is 25.8 Å². The summed E-state index contributed by atoms with van der Waals surface area (Å²) in [6, 6.07) is 1.86. The van der Waals surface area contributed by atoms with Crippen LogP contribution in [0.4, 0.5) is 11.6 Å². The third-order valence-corrected chi connectivity index (χ3v) is 2.00. The van der Waals surface area contributed by atoms with E-state index in [0.717, 1.165) is 24.6 Å². The van der Waals surface area contributed by atoms with Crippen LogP contribution in [-0.4, -0.2) is 29.1 Å². The van der Waals surface area contributed by atoms with Crippen molar-refractivity contribution < 1.29 is 0 Å². The quantitative estimate of drug-likeness (QED) is 0.676. The predicted molar refractivity (Wildman–Crippen MR) is 63.0 cm³/mol. The molecule has 1 rings (SSSR count). The molecule has 84 valence electrons. The first-order chi connectivity index (χ1) is 7.01. The minimum Gasteiger partial charge on any atom is -0.373 e. The molecule has 4 N–H and O–H groups in total. The van der Waals surface area contributed by atoms with Crippen LogP contribution in [-0.2, 0) is 0 Å². The summed E-state index contributed by atoms with van der Waals surface area (Å²) in [5.74, 6) is 1.62. The van der Waals surface area contributed by atoms with Crippen molar-refractivity contribution in [1.29, 1.82) is 0 Å². The van der Waals surface area contributed by atoms with Gasteiger partial charge in [-0.3, -0.25) is 0 Å². The van der Waals surface area contributed by atoms with Gasteiger partial charge in [-0.1, -0.05) is 0 Å². The Labute approximate surface area is 90.5 Å². The number of aromatic nitrogens is 2. The monoisotopic (exact) mass is 209 g/mol. The Bertz CT molecular complexity index is 305. The standard InChI is InChI=1S/C10H19N5/c1-10(2,11)4-5-13-9-6-8(12-3)14-7-15-9/h6-7H,4-5,11H2,1-3H3,(H2,12,13,14,15). The topological polar surface area (TPSA) is 75.9 Å². The summed E-state index contributed by atoms with van der Waals surface area (Å²) >= 11 is 0. The summed E-state index contributed by atoms with van der Waals surface area (Å²) in [6.45, 7) is 4.82. The van der Waals surface area contributed by atoms with Crippen molar-refractivity contribution in [3.8, 4) is 0 Å². The average Bonchev–Trinajstić information content (AvgIpc) is 2.16. The van der Waals surface area contributed by atoms with E-state index in [1.165, 1.54) is 6.33 Å². The van der Waals surface area contributed by atoms with Crippen molar-refractivity contribution in [3.05, 3.63) is 12.4 Å². The van der Waals surface area contributed by atoms with E-state index in [1.807, 2.05) is 27.0 Å². The van der Waals surface area contributed by atoms with E-state index in [4.69, 9.17) is 5.73 Å². The molecule has 0 bridgehead atoms. The van der Waals surface area contributed by atoms with E-state index in [1.54, 1.807) is 0 Å². The lowest BCUT2D eigenvalue weighted by molar-refractivity contribution is 0.490. The van der Waals surface area contributed by atoms with Crippen molar-refractivity contribution in [1.82, 2.24) is 9.97 Å². The van der Waals surface area contributed by atoms with E-state index < -0.39 is 0 Å². The van der Waals surface area contributed by atoms with Crippen LogP contribution >= 0.6 is 0 Å². The molecule has 0 amide bonds. The Morgan fingerprint density at radius 3 is 2.60 bits per heavy atom. The van der Waals surface area contributed by atoms with Crippen LogP contribution in [0.5, 0.6) is 0 Å². The van der Waals surface area contributed by atoms with Crippen LogP contribution < -0.4 is 16.4 Å². The Kier molecular flexibility index (Phi) is 3.85. The highest BCUT2D eigenvalue weighted by atomic mass is 15.1. The molecule has 0 aliphatic carbocycles. The Hall–Kier alpha value is -1.36. The fraction of sp³-hybridized carbons (Fsp3) is 0.600. The molecule has 0 aromatic carbocycles. The minimum absolute atomic E-state index is 0.147. The van der Waals surface area contributed by atoms with Gasteiger partial charge in [0.1, 0.15) is 18.0 Å². The summed E-state index contributed by atoms with van der Waals surface area (Å²) in [6.07, 6.45) is 2.42. The lowest BCUT2D eigenvalue weighted by Crippen LogP contribution is -2.34. The first-order valence-corrected chi connectivity index (χ1v) is 5.04. The highest BCUT2D eigenvalue weighted by molar-refractivity contribution is 5.45. The van der Waals surface area contributed by atoms with Crippen LogP contribution in [0.3, 0.4) is 0 Å². The van der Waals surface area contributed by atoms with Gasteiger partial charge >= 0.3 is 0 Å². The molecule has 0 saturated carbocycles. The first kappa shape index (κ1) is 11.7. The fourth-order valence-corrected chi connectivity index (χ4v) is 1.10. The highest BCUT2D eigenvalue weighted by Gasteiger charge is 2.09. The van der Waals surface area contributed by atoms with E-state index in [-0.39, 0.29) is 5.54 Å². The molecule has 0 atom stereocenters. The normalized spacial score (nSPS) is 11.2. The molecule has 0 fully saturated rings. The molecule has 0 aliphatic heterocycles. The molecule has 0 saturated heterocycles. The third-order valence-electron chi connectivity index (χ3n) is 2.00. The zero-order valence-electron chi connectivity index (χ0n) is 9.54. The molecule has 0 spiro atoms. The van der Waals surface area contributed by atoms with E-state index >= 15 is 0 Å². The van der Waals surface area contributed by atoms with Gasteiger partial charge < -0.3 is 16.4 Å². The summed E-state index contributed by atoms with van der Waals surface area (Å²) in [5, 5.41) is 6.16. The molecule has 1 aromatic heterocycles. The largest absolute Gasteiger partial charge is 0.373 e. The van der Waals surface area contributed by atoms with E-state index in [0.29, 0.717) is 0 Å². The molecule has 1 aromatic rings. The van der Waals surface area contributed by atoms with E-state index in [9.17, 15) is 0 Å². The number of nitrogens with one attached hydrogen (secondary N) is 2. The van der Waals surface area contributed by atoms with Gasteiger partial charge in [0.2, 0.25) is 0 Å². The van der Waals surface area contributed by atoms with Gasteiger partial charge in [-0.2, -0.15) is 0 Å². The highest BCUT2D eigenvalue weighted by Crippen LogP contribution is 2.09. The van der Waals surface area contributed by atoms with Gasteiger partial charge in [0.25, 0.3) is 0 Å². The Morgan fingerprint density at radius 1 is 1.33 bits per heavy atom. The maximum Gasteiger partial charge on any atom is 0.131 e. The Balaban J connectivity index is 2.44. The predicted octanol–water partition coefficient (Wildman–Crippen LogP) is 1.06. The molecule has 5 heteroatoms. The third kappa shape index (κ3) is 4.60. The summed E-state index contributed by atoms with van der Waals surface area (Å²) in [4.78, 5) is 8.13.